The summed E-state index contributed by atoms with van der Waals surface area (Å²) in [6.07, 6.45) is 0.960. The van der Waals surface area contributed by atoms with Gasteiger partial charge in [-0.25, -0.2) is 0 Å². The van der Waals surface area contributed by atoms with Crippen LogP contribution in [0.5, 0.6) is 5.75 Å². The summed E-state index contributed by atoms with van der Waals surface area (Å²) in [6.45, 7) is 0. The Labute approximate surface area is 171 Å². The molecule has 2 N–H and O–H groups in total. The van der Waals surface area contributed by atoms with Crippen molar-refractivity contribution < 1.29 is 22.7 Å². The van der Waals surface area contributed by atoms with Crippen LogP contribution in [0, 0.1) is 5.92 Å². The third kappa shape index (κ3) is 3.32. The molecule has 0 bridgehead atoms. The van der Waals surface area contributed by atoms with Gasteiger partial charge in [0, 0.05) is 28.6 Å². The minimum absolute atomic E-state index is 0.00297. The summed E-state index contributed by atoms with van der Waals surface area (Å²) in [4.78, 5) is 15.3. The number of benzene rings is 2. The number of hydrogen-bond donors (Lipinski definition) is 2. The average Bonchev–Trinajstić information content (AvgIpc) is 3.47. The third-order valence-electron chi connectivity index (χ3n) is 6.06. The lowest BCUT2D eigenvalue weighted by molar-refractivity contribution is -0.141. The quantitative estimate of drug-likeness (QED) is 0.539. The summed E-state index contributed by atoms with van der Waals surface area (Å²) in [5.41, 5.74) is 0.0236. The minimum Gasteiger partial charge on any atom is -0.483 e. The van der Waals surface area contributed by atoms with E-state index in [4.69, 9.17) is 4.74 Å². The molecule has 0 radical (unpaired) electrons. The summed E-state index contributed by atoms with van der Waals surface area (Å²) >= 11 is 0. The third-order valence-corrected chi connectivity index (χ3v) is 6.06. The molecule has 5 rings (SSSR count). The molecule has 156 valence electrons. The predicted octanol–water partition coefficient (Wildman–Crippen LogP) is 5.99. The number of anilines is 1. The van der Waals surface area contributed by atoms with E-state index in [1.54, 1.807) is 24.4 Å². The van der Waals surface area contributed by atoms with Crippen LogP contribution in [0.2, 0.25) is 0 Å². The second-order valence-corrected chi connectivity index (χ2v) is 8.17. The number of amides is 1. The van der Waals surface area contributed by atoms with Crippen molar-refractivity contribution in [3.8, 4) is 5.75 Å². The van der Waals surface area contributed by atoms with Crippen LogP contribution in [-0.2, 0) is 16.6 Å². The average molecular weight is 414 g/mol. The lowest BCUT2D eigenvalue weighted by Gasteiger charge is -2.43. The molecule has 0 spiro atoms. The van der Waals surface area contributed by atoms with E-state index in [0.29, 0.717) is 24.3 Å². The first-order valence-electron chi connectivity index (χ1n) is 10.1. The number of halogens is 3. The van der Waals surface area contributed by atoms with E-state index in [9.17, 15) is 18.0 Å². The van der Waals surface area contributed by atoms with Gasteiger partial charge in [0.05, 0.1) is 11.3 Å². The Kier molecular flexibility index (Phi) is 4.31. The first-order chi connectivity index (χ1) is 14.4. The van der Waals surface area contributed by atoms with Gasteiger partial charge in [-0.1, -0.05) is 18.2 Å². The van der Waals surface area contributed by atoms with Gasteiger partial charge in [0.25, 0.3) is 0 Å². The molecular formula is C23H21F3N2O2. The summed E-state index contributed by atoms with van der Waals surface area (Å²) < 4.78 is 47.0. The zero-order valence-corrected chi connectivity index (χ0v) is 16.2. The molecule has 0 atom stereocenters. The topological polar surface area (TPSA) is 54.1 Å². The first-order valence-corrected chi connectivity index (χ1v) is 10.1. The number of aromatic amines is 1. The molecule has 1 aromatic heterocycles. The van der Waals surface area contributed by atoms with Crippen LogP contribution in [0.1, 0.15) is 43.2 Å². The highest BCUT2D eigenvalue weighted by molar-refractivity contribution is 6.03. The predicted molar refractivity (Wildman–Crippen MR) is 107 cm³/mol. The number of nitrogens with one attached hydrogen (secondary N) is 2. The van der Waals surface area contributed by atoms with Crippen LogP contribution in [0.15, 0.2) is 48.7 Å². The monoisotopic (exact) mass is 414 g/mol. The van der Waals surface area contributed by atoms with Gasteiger partial charge in [-0.2, -0.15) is 13.2 Å². The second kappa shape index (κ2) is 6.79. The molecule has 0 unspecified atom stereocenters. The summed E-state index contributed by atoms with van der Waals surface area (Å²) in [5, 5.41) is 3.71. The highest BCUT2D eigenvalue weighted by Crippen LogP contribution is 2.49. The van der Waals surface area contributed by atoms with E-state index in [-0.39, 0.29) is 17.4 Å². The maximum Gasteiger partial charge on any atom is 0.416 e. The number of hydrogen-bond acceptors (Lipinski definition) is 2. The maximum atomic E-state index is 13.6. The Balaban J connectivity index is 1.48. The number of ether oxygens (including phenoxy) is 1. The van der Waals surface area contributed by atoms with Gasteiger partial charge in [-0.15, -0.1) is 0 Å². The van der Waals surface area contributed by atoms with E-state index in [1.165, 1.54) is 12.1 Å². The number of carbonyl (C=O) groups is 1. The van der Waals surface area contributed by atoms with Gasteiger partial charge in [0.1, 0.15) is 11.4 Å². The number of aromatic nitrogens is 1. The molecular weight excluding hydrogens is 393 g/mol. The zero-order chi connectivity index (χ0) is 20.9. The fraction of sp³-hybridized carbons (Fsp3) is 0.348. The fourth-order valence-corrected chi connectivity index (χ4v) is 4.12. The Hall–Kier alpha value is -2.96. The molecule has 7 heteroatoms. The van der Waals surface area contributed by atoms with Gasteiger partial charge in [-0.05, 0) is 56.4 Å². The maximum absolute atomic E-state index is 13.6. The molecule has 2 aromatic carbocycles. The molecule has 2 aliphatic carbocycles. The van der Waals surface area contributed by atoms with E-state index in [0.717, 1.165) is 36.2 Å². The van der Waals surface area contributed by atoms with Crippen molar-refractivity contribution >= 4 is 22.5 Å². The van der Waals surface area contributed by atoms with E-state index < -0.39 is 17.3 Å². The molecule has 1 amide bonds. The van der Waals surface area contributed by atoms with Crippen LogP contribution in [0.3, 0.4) is 0 Å². The van der Waals surface area contributed by atoms with Crippen molar-refractivity contribution in [2.45, 2.75) is 43.9 Å². The van der Waals surface area contributed by atoms with Crippen molar-refractivity contribution in [2.75, 3.05) is 5.32 Å². The zero-order valence-electron chi connectivity index (χ0n) is 16.2. The Morgan fingerprint density at radius 1 is 1.13 bits per heavy atom. The highest BCUT2D eigenvalue weighted by Gasteiger charge is 2.47. The van der Waals surface area contributed by atoms with Crippen LogP contribution in [-0.4, -0.2) is 10.9 Å². The largest absolute Gasteiger partial charge is 0.483 e. The molecule has 30 heavy (non-hydrogen) atoms. The smallest absolute Gasteiger partial charge is 0.416 e. The molecule has 3 aromatic rings. The summed E-state index contributed by atoms with van der Waals surface area (Å²) in [5.74, 6) is 0.559. The van der Waals surface area contributed by atoms with E-state index in [1.807, 2.05) is 6.07 Å². The van der Waals surface area contributed by atoms with Gasteiger partial charge in [0.2, 0.25) is 5.91 Å². The Morgan fingerprint density at radius 2 is 1.90 bits per heavy atom. The molecule has 0 saturated heterocycles. The molecule has 1 heterocycles. The lowest BCUT2D eigenvalue weighted by atomic mass is 9.73. The Bertz CT molecular complexity index is 1110. The number of rotatable bonds is 5. The molecule has 2 saturated carbocycles. The molecule has 2 aliphatic rings. The van der Waals surface area contributed by atoms with Crippen LogP contribution >= 0.6 is 0 Å². The number of alkyl halides is 3. The summed E-state index contributed by atoms with van der Waals surface area (Å²) in [6, 6.07) is 11.0. The Morgan fingerprint density at radius 3 is 2.57 bits per heavy atom. The normalized spacial score (nSPS) is 18.1. The number of H-pyrrole nitrogens is 1. The van der Waals surface area contributed by atoms with Crippen LogP contribution in [0.25, 0.3) is 10.9 Å². The van der Waals surface area contributed by atoms with E-state index in [2.05, 4.69) is 10.3 Å². The van der Waals surface area contributed by atoms with Crippen LogP contribution < -0.4 is 10.1 Å². The number of carbonyl (C=O) groups excluding carboxylic acids is 1. The second-order valence-electron chi connectivity index (χ2n) is 8.17. The van der Waals surface area contributed by atoms with Gasteiger partial charge >= 0.3 is 6.18 Å². The first kappa shape index (κ1) is 19.0. The SMILES string of the molecule is O=C(Nc1c[nH]c2ccc(OC3(c4ccccc4C(F)(F)F)CCC3)cc12)C1CC1. The number of fused-ring (bicyclic) bond motifs is 1. The van der Waals surface area contributed by atoms with Crippen molar-refractivity contribution in [2.24, 2.45) is 5.92 Å². The van der Waals surface area contributed by atoms with Crippen molar-refractivity contribution in [3.05, 3.63) is 59.8 Å². The molecule has 4 nitrogen and oxygen atoms in total. The fourth-order valence-electron chi connectivity index (χ4n) is 4.12. The van der Waals surface area contributed by atoms with Gasteiger partial charge in [-0.3, -0.25) is 4.79 Å². The van der Waals surface area contributed by atoms with Crippen molar-refractivity contribution in [1.82, 2.24) is 4.98 Å². The van der Waals surface area contributed by atoms with Crippen LogP contribution in [0.4, 0.5) is 18.9 Å². The van der Waals surface area contributed by atoms with Gasteiger partial charge < -0.3 is 15.0 Å². The standard InChI is InChI=1S/C23H21F3N2O2/c24-23(25,26)18-5-2-1-4-17(18)22(10-3-11-22)30-15-8-9-19-16(12-15)20(13-27-19)28-21(29)14-6-7-14/h1-2,4-5,8-9,12-14,27H,3,6-7,10-11H2,(H,28,29). The lowest BCUT2D eigenvalue weighted by Crippen LogP contribution is -2.41. The summed E-state index contributed by atoms with van der Waals surface area (Å²) in [7, 11) is 0. The van der Waals surface area contributed by atoms with Crippen molar-refractivity contribution in [1.29, 1.82) is 0 Å². The van der Waals surface area contributed by atoms with Crippen molar-refractivity contribution in [3.63, 3.8) is 0 Å². The van der Waals surface area contributed by atoms with E-state index >= 15 is 0 Å². The highest BCUT2D eigenvalue weighted by atomic mass is 19.4. The molecule has 2 fully saturated rings. The minimum atomic E-state index is -4.44. The van der Waals surface area contributed by atoms with Gasteiger partial charge in [0.15, 0.2) is 0 Å². The molecule has 0 aliphatic heterocycles.